The predicted octanol–water partition coefficient (Wildman–Crippen LogP) is 3.75. The molecule has 0 saturated heterocycles. The number of rotatable bonds is 4. The molecule has 0 unspecified atom stereocenters. The van der Waals surface area contributed by atoms with Crippen LogP contribution in [0.1, 0.15) is 0 Å². The van der Waals surface area contributed by atoms with Gasteiger partial charge in [0.2, 0.25) is 9.84 Å². The second kappa shape index (κ2) is 6.26. The molecule has 0 bridgehead atoms. The summed E-state index contributed by atoms with van der Waals surface area (Å²) in [5.41, 5.74) is 0. The normalized spacial score (nSPS) is 16.1. The Morgan fingerprint density at radius 3 is 1.55 bits per heavy atom. The van der Waals surface area contributed by atoms with Crippen molar-refractivity contribution >= 4 is 23.9 Å². The number of alkyl halides is 2. The van der Waals surface area contributed by atoms with Crippen molar-refractivity contribution in [3.05, 3.63) is 11.1 Å². The van der Waals surface area contributed by atoms with E-state index in [1.54, 1.807) is 28.2 Å². The summed E-state index contributed by atoms with van der Waals surface area (Å²) in [5.74, 6) is -3.40. The number of sulfone groups is 1. The zero-order valence-electron chi connectivity index (χ0n) is 11.8. The molecule has 0 spiro atoms. The summed E-state index contributed by atoms with van der Waals surface area (Å²) in [4.78, 5) is 0.988. The van der Waals surface area contributed by atoms with E-state index in [4.69, 9.17) is 0 Å². The molecule has 14 heteroatoms. The van der Waals surface area contributed by atoms with Gasteiger partial charge >= 0.3 is 38.7 Å². The van der Waals surface area contributed by atoms with E-state index >= 15 is 0 Å². The maximum absolute atomic E-state index is 12.3. The molecule has 136 valence electrons. The molecule has 0 amide bonds. The van der Waals surface area contributed by atoms with Crippen molar-refractivity contribution in [2.24, 2.45) is 0 Å². The number of hydrogen-bond acceptors (Lipinski definition) is 3. The first-order valence-electron chi connectivity index (χ1n) is 5.11. The van der Waals surface area contributed by atoms with Crippen LogP contribution in [-0.4, -0.2) is 58.1 Å². The first-order valence-corrected chi connectivity index (χ1v) is 8.68. The van der Waals surface area contributed by atoms with Crippen LogP contribution in [0, 0.1) is 0 Å². The van der Waals surface area contributed by atoms with Gasteiger partial charge in [0.25, 0.3) is 0 Å². The molecule has 0 saturated carbocycles. The molecular formula is C8H15F8N2O2PS. The summed E-state index contributed by atoms with van der Waals surface area (Å²) >= 11 is 0. The fourth-order valence-corrected chi connectivity index (χ4v) is 1.71. The van der Waals surface area contributed by atoms with E-state index in [1.807, 2.05) is 0 Å². The van der Waals surface area contributed by atoms with Gasteiger partial charge in [-0.25, -0.2) is 13.0 Å². The zero-order valence-corrected chi connectivity index (χ0v) is 13.5. The summed E-state index contributed by atoms with van der Waals surface area (Å²) in [6.45, 7) is 0. The molecule has 0 aromatic rings. The van der Waals surface area contributed by atoms with Crippen LogP contribution in [0.4, 0.5) is 34.0 Å². The van der Waals surface area contributed by atoms with Crippen molar-refractivity contribution in [1.29, 1.82) is 0 Å². The zero-order chi connectivity index (χ0) is 18.6. The molecule has 0 radical (unpaired) electrons. The van der Waals surface area contributed by atoms with Crippen molar-refractivity contribution in [3.8, 4) is 0 Å². The Hall–Kier alpha value is -0.970. The van der Waals surface area contributed by atoms with Gasteiger partial charge in [-0.1, -0.05) is 0 Å². The van der Waals surface area contributed by atoms with Crippen LogP contribution in [0.3, 0.4) is 0 Å². The van der Waals surface area contributed by atoms with E-state index in [0.717, 1.165) is 12.4 Å². The fourth-order valence-electron chi connectivity index (χ4n) is 0.792. The van der Waals surface area contributed by atoms with Crippen molar-refractivity contribution in [2.75, 3.05) is 28.2 Å². The molecule has 0 aromatic carbocycles. The monoisotopic (exact) mass is 386 g/mol. The van der Waals surface area contributed by atoms with Gasteiger partial charge in [-0.05, 0) is 0 Å². The minimum atomic E-state index is -10.7. The standard InChI is InChI=1S/C8H15F2N2O2S.F6P/c1-11(2)5-7(6-12(3)4)15(13,14)8(9)10;1-7(2,3,4,5)6/h5-6,8H,1-4H3;/q+1;-1. The molecule has 4 nitrogen and oxygen atoms in total. The Morgan fingerprint density at radius 2 is 1.36 bits per heavy atom. The van der Waals surface area contributed by atoms with Gasteiger partial charge in [-0.15, -0.1) is 0 Å². The predicted molar refractivity (Wildman–Crippen MR) is 68.4 cm³/mol. The third-order valence-corrected chi connectivity index (χ3v) is 2.67. The summed E-state index contributed by atoms with van der Waals surface area (Å²) in [6, 6.07) is 0. The summed E-state index contributed by atoms with van der Waals surface area (Å²) in [5, 5.41) is 0. The molecule has 0 fully saturated rings. The molecular weight excluding hydrogens is 371 g/mol. The Morgan fingerprint density at radius 1 is 1.05 bits per heavy atom. The summed E-state index contributed by atoms with van der Waals surface area (Å²) < 4.78 is 108. The molecule has 0 atom stereocenters. The van der Waals surface area contributed by atoms with Gasteiger partial charge < -0.3 is 4.90 Å². The third-order valence-electron chi connectivity index (χ3n) is 1.33. The van der Waals surface area contributed by atoms with E-state index in [0.29, 0.717) is 0 Å². The maximum atomic E-state index is 12.3. The van der Waals surface area contributed by atoms with Gasteiger partial charge in [-0.3, -0.25) is 0 Å². The Bertz CT molecular complexity index is 534. The first kappa shape index (κ1) is 23.3. The molecule has 0 heterocycles. The average molecular weight is 386 g/mol. The van der Waals surface area contributed by atoms with Crippen LogP contribution >= 0.6 is 7.81 Å². The number of halogens is 8. The number of hydrogen-bond donors (Lipinski definition) is 0. The van der Waals surface area contributed by atoms with E-state index in [2.05, 4.69) is 0 Å². The van der Waals surface area contributed by atoms with Crippen molar-refractivity contribution in [1.82, 2.24) is 4.90 Å². The van der Waals surface area contributed by atoms with Gasteiger partial charge in [0.1, 0.15) is 14.1 Å². The van der Waals surface area contributed by atoms with Crippen LogP contribution in [0.15, 0.2) is 11.1 Å². The molecule has 0 N–H and O–H groups in total. The third kappa shape index (κ3) is 17.1. The molecule has 0 aliphatic rings. The first-order chi connectivity index (χ1) is 9.12. The van der Waals surface area contributed by atoms with Crippen LogP contribution in [0.25, 0.3) is 0 Å². The van der Waals surface area contributed by atoms with E-state index in [1.165, 1.54) is 9.48 Å². The fraction of sp³-hybridized carbons (Fsp3) is 0.625. The minimum absolute atomic E-state index is 0.410. The summed E-state index contributed by atoms with van der Waals surface area (Å²) in [6.07, 6.45) is 2.28. The SMILES string of the molecule is CN(C)/C=C(/C=[N+](C)C)S(=O)(=O)C(F)F.F[P-](F)(F)(F)(F)F. The van der Waals surface area contributed by atoms with Crippen molar-refractivity contribution < 1.29 is 47.0 Å². The molecule has 22 heavy (non-hydrogen) atoms. The second-order valence-electron chi connectivity index (χ2n) is 4.35. The quantitative estimate of drug-likeness (QED) is 0.320. The van der Waals surface area contributed by atoms with Crippen LogP contribution < -0.4 is 0 Å². The van der Waals surface area contributed by atoms with Gasteiger partial charge in [0.15, 0.2) is 11.1 Å². The Kier molecular flexibility index (Phi) is 6.63. The Balaban J connectivity index is 0. The van der Waals surface area contributed by atoms with Crippen LogP contribution in [-0.2, 0) is 9.84 Å². The van der Waals surface area contributed by atoms with Crippen molar-refractivity contribution in [3.63, 3.8) is 0 Å². The number of nitrogens with zero attached hydrogens (tertiary/aromatic N) is 2. The van der Waals surface area contributed by atoms with E-state index in [-0.39, 0.29) is 0 Å². The second-order valence-corrected chi connectivity index (χ2v) is 8.19. The van der Waals surface area contributed by atoms with E-state index in [9.17, 15) is 42.4 Å². The van der Waals surface area contributed by atoms with Crippen LogP contribution in [0.2, 0.25) is 0 Å². The topological polar surface area (TPSA) is 40.4 Å². The van der Waals surface area contributed by atoms with Gasteiger partial charge in [-0.2, -0.15) is 8.78 Å². The number of allylic oxidation sites excluding steroid dienone is 1. The summed E-state index contributed by atoms with van der Waals surface area (Å²) in [7, 11) is -8.96. The van der Waals surface area contributed by atoms with Gasteiger partial charge in [0.05, 0.1) is 0 Å². The molecule has 0 aromatic heterocycles. The molecule has 0 aliphatic heterocycles. The Labute approximate surface area is 121 Å². The van der Waals surface area contributed by atoms with Gasteiger partial charge in [0, 0.05) is 20.3 Å². The average Bonchev–Trinajstić information content (AvgIpc) is 2.09. The van der Waals surface area contributed by atoms with E-state index < -0.39 is 28.3 Å². The molecule has 0 aliphatic carbocycles. The molecule has 0 rings (SSSR count). The van der Waals surface area contributed by atoms with Crippen LogP contribution in [0.5, 0.6) is 0 Å². The van der Waals surface area contributed by atoms with Crippen molar-refractivity contribution in [2.45, 2.75) is 5.76 Å².